The molecule has 3 unspecified atom stereocenters. The minimum atomic E-state index is -1.19. The van der Waals surface area contributed by atoms with Gasteiger partial charge in [0.25, 0.3) is 0 Å². The molecule has 1 aliphatic rings. The van der Waals surface area contributed by atoms with Crippen LogP contribution in [0.2, 0.25) is 0 Å². The third kappa shape index (κ3) is 3.08. The molecule has 0 aromatic heterocycles. The number of aliphatic carboxylic acids is 1. The van der Waals surface area contributed by atoms with Crippen molar-refractivity contribution in [3.63, 3.8) is 0 Å². The van der Waals surface area contributed by atoms with Crippen LogP contribution in [-0.2, 0) is 15.6 Å². The zero-order valence-corrected chi connectivity index (χ0v) is 9.55. The van der Waals surface area contributed by atoms with Crippen LogP contribution in [0.15, 0.2) is 0 Å². The Hall–Kier alpha value is -0.380. The van der Waals surface area contributed by atoms with Crippen molar-refractivity contribution in [2.24, 2.45) is 11.8 Å². The van der Waals surface area contributed by atoms with Gasteiger partial charge in [0.15, 0.2) is 0 Å². The Morgan fingerprint density at radius 1 is 1.57 bits per heavy atom. The summed E-state index contributed by atoms with van der Waals surface area (Å²) in [6.07, 6.45) is 2.83. The Morgan fingerprint density at radius 3 is 2.50 bits per heavy atom. The fraction of sp³-hybridized carbons (Fsp3) is 0.900. The molecule has 1 rings (SSSR count). The molecule has 0 amide bonds. The molecule has 0 radical (unpaired) electrons. The molecule has 1 saturated carbocycles. The zero-order valence-electron chi connectivity index (χ0n) is 8.73. The van der Waals surface area contributed by atoms with Gasteiger partial charge in [0, 0.05) is 16.6 Å². The van der Waals surface area contributed by atoms with E-state index < -0.39 is 22.0 Å². The number of carboxylic acids is 1. The molecule has 0 spiro atoms. The number of carbonyl (C=O) groups is 1. The Kier molecular flexibility index (Phi) is 4.11. The van der Waals surface area contributed by atoms with Gasteiger partial charge in [-0.3, -0.25) is 9.00 Å². The van der Waals surface area contributed by atoms with E-state index >= 15 is 0 Å². The van der Waals surface area contributed by atoms with E-state index in [1.807, 2.05) is 13.8 Å². The van der Waals surface area contributed by atoms with E-state index in [1.54, 1.807) is 0 Å². The fourth-order valence-electron chi connectivity index (χ4n) is 1.43. The van der Waals surface area contributed by atoms with Crippen molar-refractivity contribution in [1.29, 1.82) is 0 Å². The van der Waals surface area contributed by atoms with Crippen LogP contribution in [0.25, 0.3) is 0 Å². The average Bonchev–Trinajstić information content (AvgIpc) is 2.87. The van der Waals surface area contributed by atoms with Gasteiger partial charge in [0.2, 0.25) is 0 Å². The van der Waals surface area contributed by atoms with Crippen LogP contribution in [0.3, 0.4) is 0 Å². The molecule has 0 heterocycles. The van der Waals surface area contributed by atoms with Crippen LogP contribution in [0, 0.1) is 11.8 Å². The number of rotatable bonds is 6. The SMILES string of the molecule is CCC(C)CS(=O)C(C(=O)O)C1CC1. The lowest BCUT2D eigenvalue weighted by molar-refractivity contribution is -0.136. The minimum absolute atomic E-state index is 0.178. The highest BCUT2D eigenvalue weighted by atomic mass is 32.2. The summed E-state index contributed by atoms with van der Waals surface area (Å²) in [4.78, 5) is 10.9. The van der Waals surface area contributed by atoms with Gasteiger partial charge < -0.3 is 5.11 Å². The van der Waals surface area contributed by atoms with E-state index in [0.717, 1.165) is 19.3 Å². The van der Waals surface area contributed by atoms with Crippen molar-refractivity contribution >= 4 is 16.8 Å². The van der Waals surface area contributed by atoms with Crippen LogP contribution in [0.1, 0.15) is 33.1 Å². The first-order valence-electron chi connectivity index (χ1n) is 5.16. The van der Waals surface area contributed by atoms with Crippen molar-refractivity contribution in [3.8, 4) is 0 Å². The Morgan fingerprint density at radius 2 is 2.14 bits per heavy atom. The summed E-state index contributed by atoms with van der Waals surface area (Å²) in [5.41, 5.74) is 0. The third-order valence-electron chi connectivity index (χ3n) is 2.72. The van der Waals surface area contributed by atoms with E-state index in [9.17, 15) is 9.00 Å². The highest BCUT2D eigenvalue weighted by molar-refractivity contribution is 7.86. The van der Waals surface area contributed by atoms with Gasteiger partial charge in [-0.25, -0.2) is 0 Å². The van der Waals surface area contributed by atoms with Crippen molar-refractivity contribution < 1.29 is 14.1 Å². The van der Waals surface area contributed by atoms with Crippen molar-refractivity contribution in [1.82, 2.24) is 0 Å². The molecular weight excluding hydrogens is 200 g/mol. The van der Waals surface area contributed by atoms with Gasteiger partial charge in [0.1, 0.15) is 5.25 Å². The largest absolute Gasteiger partial charge is 0.480 e. The summed E-state index contributed by atoms with van der Waals surface area (Å²) in [5, 5.41) is 8.34. The summed E-state index contributed by atoms with van der Waals surface area (Å²) >= 11 is 0. The van der Waals surface area contributed by atoms with Gasteiger partial charge in [-0.1, -0.05) is 20.3 Å². The molecule has 0 aromatic carbocycles. The van der Waals surface area contributed by atoms with Crippen LogP contribution < -0.4 is 0 Å². The highest BCUT2D eigenvalue weighted by Gasteiger charge is 2.40. The normalized spacial score (nSPS) is 22.7. The molecule has 1 aliphatic carbocycles. The van der Waals surface area contributed by atoms with Crippen LogP contribution in [0.4, 0.5) is 0 Å². The van der Waals surface area contributed by atoms with E-state index in [4.69, 9.17) is 5.11 Å². The predicted molar refractivity (Wildman–Crippen MR) is 56.6 cm³/mol. The molecular formula is C10H18O3S. The second-order valence-corrected chi connectivity index (χ2v) is 5.76. The molecule has 82 valence electrons. The lowest BCUT2D eigenvalue weighted by Gasteiger charge is -2.13. The Labute approximate surface area is 87.3 Å². The summed E-state index contributed by atoms with van der Waals surface area (Å²) in [5.74, 6) is 0.187. The van der Waals surface area contributed by atoms with Gasteiger partial charge >= 0.3 is 5.97 Å². The number of carboxylic acid groups (broad SMARTS) is 1. The molecule has 0 aliphatic heterocycles. The average molecular weight is 218 g/mol. The summed E-state index contributed by atoms with van der Waals surface area (Å²) < 4.78 is 11.8. The highest BCUT2D eigenvalue weighted by Crippen LogP contribution is 2.35. The van der Waals surface area contributed by atoms with E-state index in [-0.39, 0.29) is 5.92 Å². The van der Waals surface area contributed by atoms with E-state index in [0.29, 0.717) is 11.7 Å². The first kappa shape index (κ1) is 11.7. The molecule has 14 heavy (non-hydrogen) atoms. The second kappa shape index (κ2) is 4.91. The quantitative estimate of drug-likeness (QED) is 0.737. The number of hydrogen-bond acceptors (Lipinski definition) is 2. The summed E-state index contributed by atoms with van der Waals surface area (Å²) in [6, 6.07) is 0. The third-order valence-corrected chi connectivity index (χ3v) is 4.77. The lowest BCUT2D eigenvalue weighted by Crippen LogP contribution is -2.30. The standard InChI is InChI=1S/C10H18O3S/c1-3-7(2)6-14(13)9(10(11)12)8-4-5-8/h7-9H,3-6H2,1-2H3,(H,11,12). The van der Waals surface area contributed by atoms with Gasteiger partial charge in [-0.15, -0.1) is 0 Å². The first-order valence-corrected chi connectivity index (χ1v) is 6.54. The van der Waals surface area contributed by atoms with Crippen LogP contribution in [-0.4, -0.2) is 26.3 Å². The molecule has 3 nitrogen and oxygen atoms in total. The molecule has 1 N–H and O–H groups in total. The first-order chi connectivity index (χ1) is 6.56. The van der Waals surface area contributed by atoms with Gasteiger partial charge in [-0.05, 0) is 24.7 Å². The molecule has 1 fully saturated rings. The number of hydrogen-bond donors (Lipinski definition) is 1. The maximum atomic E-state index is 11.8. The molecule has 3 atom stereocenters. The molecule has 0 aromatic rings. The van der Waals surface area contributed by atoms with E-state index in [1.165, 1.54) is 0 Å². The predicted octanol–water partition coefficient (Wildman–Crippen LogP) is 1.64. The molecule has 4 heteroatoms. The van der Waals surface area contributed by atoms with Crippen molar-refractivity contribution in [2.45, 2.75) is 38.4 Å². The van der Waals surface area contributed by atoms with Crippen molar-refractivity contribution in [3.05, 3.63) is 0 Å². The van der Waals surface area contributed by atoms with Crippen LogP contribution in [0.5, 0.6) is 0 Å². The topological polar surface area (TPSA) is 54.4 Å². The van der Waals surface area contributed by atoms with Gasteiger partial charge in [0.05, 0.1) is 0 Å². The minimum Gasteiger partial charge on any atom is -0.480 e. The Bertz CT molecular complexity index is 236. The maximum Gasteiger partial charge on any atom is 0.319 e. The second-order valence-electron chi connectivity index (χ2n) is 4.16. The smallest absolute Gasteiger partial charge is 0.319 e. The molecule has 0 bridgehead atoms. The summed E-state index contributed by atoms with van der Waals surface area (Å²) in [7, 11) is -1.19. The monoisotopic (exact) mass is 218 g/mol. The Balaban J connectivity index is 2.50. The van der Waals surface area contributed by atoms with Crippen LogP contribution >= 0.6 is 0 Å². The zero-order chi connectivity index (χ0) is 10.7. The fourth-order valence-corrected chi connectivity index (χ4v) is 3.36. The molecule has 0 saturated heterocycles. The van der Waals surface area contributed by atoms with E-state index in [2.05, 4.69) is 0 Å². The maximum absolute atomic E-state index is 11.8. The van der Waals surface area contributed by atoms with Crippen molar-refractivity contribution in [2.75, 3.05) is 5.75 Å². The van der Waals surface area contributed by atoms with Gasteiger partial charge in [-0.2, -0.15) is 0 Å². The lowest BCUT2D eigenvalue weighted by atomic mass is 10.2. The summed E-state index contributed by atoms with van der Waals surface area (Å²) in [6.45, 7) is 4.05.